The van der Waals surface area contributed by atoms with E-state index >= 15 is 4.79 Å². The zero-order valence-corrected chi connectivity index (χ0v) is 34.0. The average molecular weight is 793 g/mol. The van der Waals surface area contributed by atoms with Crippen LogP contribution in [-0.4, -0.2) is 95.1 Å². The summed E-state index contributed by atoms with van der Waals surface area (Å²) < 4.78 is 30.8. The maximum absolute atomic E-state index is 15.3. The summed E-state index contributed by atoms with van der Waals surface area (Å²) in [6, 6.07) is 17.4. The van der Waals surface area contributed by atoms with E-state index in [1.54, 1.807) is 71.9 Å². The molecule has 2 aromatic carbocycles. The first kappa shape index (κ1) is 45.5. The van der Waals surface area contributed by atoms with Crippen molar-refractivity contribution in [3.05, 3.63) is 82.9 Å². The Bertz CT molecular complexity index is 1850. The van der Waals surface area contributed by atoms with Gasteiger partial charge in [0, 0.05) is 44.1 Å². The van der Waals surface area contributed by atoms with Gasteiger partial charge in [-0.05, 0) is 56.5 Å². The highest BCUT2D eigenvalue weighted by Crippen LogP contribution is 2.65. The summed E-state index contributed by atoms with van der Waals surface area (Å²) in [7, 11) is 1.49. The van der Waals surface area contributed by atoms with Crippen LogP contribution in [-0.2, 0) is 42.9 Å². The van der Waals surface area contributed by atoms with Gasteiger partial charge in [-0.25, -0.2) is 9.59 Å². The van der Waals surface area contributed by atoms with Gasteiger partial charge in [-0.2, -0.15) is 0 Å². The minimum atomic E-state index is -2.03. The van der Waals surface area contributed by atoms with Crippen LogP contribution in [0, 0.1) is 22.7 Å². The molecule has 0 unspecified atom stereocenters. The second kappa shape index (κ2) is 16.9. The molecule has 1 saturated heterocycles. The van der Waals surface area contributed by atoms with Gasteiger partial charge in [0.25, 0.3) is 0 Å². The first-order valence-electron chi connectivity index (χ1n) is 19.2. The fraction of sp³-hybridized carbons (Fsp3) is 0.578. The molecular weight excluding hydrogens is 732 g/mol. The van der Waals surface area contributed by atoms with Crippen LogP contribution in [0.4, 0.5) is 0 Å². The van der Waals surface area contributed by atoms with E-state index in [9.17, 15) is 29.4 Å². The Kier molecular flexibility index (Phi) is 13.5. The topological polar surface area (TPSA) is 172 Å². The van der Waals surface area contributed by atoms with Crippen molar-refractivity contribution in [3.8, 4) is 0 Å². The second-order valence-electron chi connectivity index (χ2n) is 16.7. The van der Waals surface area contributed by atoms with E-state index < -0.39 is 88.2 Å². The molecule has 3 aliphatic carbocycles. The fourth-order valence-electron chi connectivity index (χ4n) is 9.94. The smallest absolute Gasteiger partial charge is 0.338 e. The van der Waals surface area contributed by atoms with Crippen LogP contribution in [0.2, 0.25) is 0 Å². The number of fused-ring (bicyclic) bond motifs is 5. The molecule has 12 nitrogen and oxygen atoms in total. The number of rotatable bonds is 8. The Hall–Kier alpha value is -4.23. The van der Waals surface area contributed by atoms with Gasteiger partial charge in [-0.3, -0.25) is 9.59 Å². The zero-order valence-electron chi connectivity index (χ0n) is 34.0. The van der Waals surface area contributed by atoms with Crippen molar-refractivity contribution in [1.82, 2.24) is 0 Å². The lowest BCUT2D eigenvalue weighted by Gasteiger charge is -2.68. The van der Waals surface area contributed by atoms with Crippen molar-refractivity contribution in [1.29, 1.82) is 0 Å². The van der Waals surface area contributed by atoms with E-state index in [2.05, 4.69) is 0 Å². The van der Waals surface area contributed by atoms with Gasteiger partial charge in [-0.15, -0.1) is 0 Å². The Morgan fingerprint density at radius 1 is 0.930 bits per heavy atom. The van der Waals surface area contributed by atoms with Crippen LogP contribution in [0.1, 0.15) is 104 Å². The molecule has 4 aliphatic rings. The van der Waals surface area contributed by atoms with Crippen LogP contribution in [0.5, 0.6) is 0 Å². The number of hydrogen-bond donors (Lipinski definition) is 2. The molecule has 312 valence electrons. The first-order chi connectivity index (χ1) is 26.2. The lowest BCUT2D eigenvalue weighted by Crippen LogP contribution is -2.81. The van der Waals surface area contributed by atoms with E-state index in [-0.39, 0.29) is 44.0 Å². The van der Waals surface area contributed by atoms with Crippen molar-refractivity contribution < 1.29 is 57.9 Å². The minimum absolute atomic E-state index is 0. The number of carbonyl (C=O) groups is 5. The standard InChI is InChI=1S/C41H50O11.C3H6O.CH4/c1-22(26-15-11-9-12-16-26)32(43)37(46)50-28-20-41(47)35(51-36(45)27-17-13-10-14-18-27)33-39(7,34(44)24(3)31(23(28)2)38(41,5)6)29(48-8)19-30-40(33,21-49-30)52-25(4)42;1-3(2)4;/h9-18,22,24,28-30,32-33,35,43,47H,19-21H2,1-8H3;1-2H3;1H4/t22-,24+,28-,29-,30+,32+,33-,35-,39+,40-,41+;;/m0../s1. The van der Waals surface area contributed by atoms with E-state index in [0.29, 0.717) is 11.1 Å². The largest absolute Gasteiger partial charge is 0.456 e. The summed E-state index contributed by atoms with van der Waals surface area (Å²) in [6.07, 6.45) is -5.71. The average Bonchev–Trinajstić information content (AvgIpc) is 3.14. The maximum Gasteiger partial charge on any atom is 0.338 e. The number of aliphatic hydroxyl groups is 2. The Labute approximate surface area is 336 Å². The Morgan fingerprint density at radius 2 is 1.49 bits per heavy atom. The molecule has 1 heterocycles. The quantitative estimate of drug-likeness (QED) is 0.183. The third kappa shape index (κ3) is 7.73. The molecule has 2 aromatic rings. The summed E-state index contributed by atoms with van der Waals surface area (Å²) in [5.74, 6) is -5.00. The highest BCUT2D eigenvalue weighted by Gasteiger charge is 2.78. The summed E-state index contributed by atoms with van der Waals surface area (Å²) in [5, 5.41) is 24.7. The molecule has 2 bridgehead atoms. The molecular formula is C45H60O12. The molecule has 6 rings (SSSR count). The lowest BCUT2D eigenvalue weighted by atomic mass is 9.43. The number of ketones is 2. The number of hydrogen-bond acceptors (Lipinski definition) is 12. The zero-order chi connectivity index (χ0) is 41.5. The summed E-state index contributed by atoms with van der Waals surface area (Å²) in [4.78, 5) is 65.5. The molecule has 0 aromatic heterocycles. The molecule has 12 heteroatoms. The van der Waals surface area contributed by atoms with Crippen molar-refractivity contribution >= 4 is 29.5 Å². The number of aliphatic hydroxyl groups excluding tert-OH is 1. The SMILES string of the molecule is C.CC(C)=O.CO[C@H]1C[C@H]2OC[C@@]2(OC(C)=O)[C@H]2[C@H](OC(=O)c3ccccc3)[C@]3(O)C[C@H](OC(=O)[C@H](O)[C@@H](C)c4ccccc4)C(C)=C([C@@H](C)C(=O)[C@]12C)C3(C)C. The van der Waals surface area contributed by atoms with Crippen LogP contribution >= 0.6 is 0 Å². The molecule has 57 heavy (non-hydrogen) atoms. The van der Waals surface area contributed by atoms with E-state index in [1.807, 2.05) is 30.3 Å². The Balaban J connectivity index is 0.00000137. The van der Waals surface area contributed by atoms with Crippen LogP contribution in [0.25, 0.3) is 0 Å². The van der Waals surface area contributed by atoms with Crippen LogP contribution in [0.15, 0.2) is 71.8 Å². The van der Waals surface area contributed by atoms with Crippen molar-refractivity contribution in [2.24, 2.45) is 22.7 Å². The summed E-state index contributed by atoms with van der Waals surface area (Å²) in [5.41, 5.74) is -4.20. The van der Waals surface area contributed by atoms with E-state index in [1.165, 1.54) is 27.9 Å². The lowest BCUT2D eigenvalue weighted by molar-refractivity contribution is -0.346. The predicted octanol–water partition coefficient (Wildman–Crippen LogP) is 5.96. The maximum atomic E-state index is 15.3. The Morgan fingerprint density at radius 3 is 2.00 bits per heavy atom. The van der Waals surface area contributed by atoms with Gasteiger partial charge < -0.3 is 38.7 Å². The molecule has 2 N–H and O–H groups in total. The highest BCUT2D eigenvalue weighted by molar-refractivity contribution is 5.92. The highest BCUT2D eigenvalue weighted by atomic mass is 16.6. The van der Waals surface area contributed by atoms with Crippen molar-refractivity contribution in [2.45, 2.75) is 130 Å². The van der Waals surface area contributed by atoms with Crippen molar-refractivity contribution in [2.75, 3.05) is 13.7 Å². The van der Waals surface area contributed by atoms with Gasteiger partial charge in [0.05, 0.1) is 29.6 Å². The monoisotopic (exact) mass is 792 g/mol. The number of carbonyl (C=O) groups excluding carboxylic acids is 5. The molecule has 0 radical (unpaired) electrons. The number of benzene rings is 2. The number of methoxy groups -OCH3 is 1. The third-order valence-corrected chi connectivity index (χ3v) is 12.8. The summed E-state index contributed by atoms with van der Waals surface area (Å²) >= 11 is 0. The van der Waals surface area contributed by atoms with Gasteiger partial charge in [-0.1, -0.05) is 83.7 Å². The number of esters is 3. The molecule has 0 amide bonds. The van der Waals surface area contributed by atoms with Crippen LogP contribution in [0.3, 0.4) is 0 Å². The fourth-order valence-corrected chi connectivity index (χ4v) is 9.94. The molecule has 11 atom stereocenters. The van der Waals surface area contributed by atoms with Gasteiger partial charge in [0.1, 0.15) is 35.5 Å². The predicted molar refractivity (Wildman–Crippen MR) is 211 cm³/mol. The van der Waals surface area contributed by atoms with Crippen LogP contribution < -0.4 is 0 Å². The van der Waals surface area contributed by atoms with Gasteiger partial charge >= 0.3 is 17.9 Å². The first-order valence-corrected chi connectivity index (χ1v) is 19.2. The van der Waals surface area contributed by atoms with E-state index in [4.69, 9.17) is 23.7 Å². The normalized spacial score (nSPS) is 33.4. The second-order valence-corrected chi connectivity index (χ2v) is 16.7. The number of ether oxygens (including phenoxy) is 5. The molecule has 3 fully saturated rings. The van der Waals surface area contributed by atoms with Gasteiger partial charge in [0.2, 0.25) is 0 Å². The van der Waals surface area contributed by atoms with Crippen molar-refractivity contribution in [3.63, 3.8) is 0 Å². The molecule has 0 spiro atoms. The third-order valence-electron chi connectivity index (χ3n) is 12.8. The molecule has 1 aliphatic heterocycles. The molecule has 2 saturated carbocycles. The minimum Gasteiger partial charge on any atom is -0.456 e. The van der Waals surface area contributed by atoms with Gasteiger partial charge in [0.15, 0.2) is 11.7 Å². The number of Topliss-reactive ketones (excluding diaryl/α,β-unsaturated/α-hetero) is 2. The summed E-state index contributed by atoms with van der Waals surface area (Å²) in [6.45, 7) is 14.8. The van der Waals surface area contributed by atoms with E-state index in [0.717, 1.165) is 5.56 Å².